The van der Waals surface area contributed by atoms with E-state index in [4.69, 9.17) is 18.5 Å². The molecule has 0 heterocycles. The van der Waals surface area contributed by atoms with Gasteiger partial charge in [-0.05, 0) is 36.2 Å². The molecule has 0 atom stereocenters. The lowest BCUT2D eigenvalue weighted by Gasteiger charge is -2.20. The number of benzene rings is 3. The Hall–Kier alpha value is -1.91. The summed E-state index contributed by atoms with van der Waals surface area (Å²) in [6, 6.07) is 16.2. The average molecular weight is 402 g/mol. The highest BCUT2D eigenvalue weighted by molar-refractivity contribution is 7.53. The van der Waals surface area contributed by atoms with Gasteiger partial charge in [0.15, 0.2) is 0 Å². The zero-order valence-corrected chi connectivity index (χ0v) is 17.5. The van der Waals surface area contributed by atoms with Gasteiger partial charge in [-0.25, -0.2) is 0 Å². The van der Waals surface area contributed by atoms with Gasteiger partial charge < -0.3 is 18.5 Å². The van der Waals surface area contributed by atoms with E-state index >= 15 is 0 Å². The second-order valence-corrected chi connectivity index (χ2v) is 8.44. The van der Waals surface area contributed by atoms with Crippen LogP contribution in [0.15, 0.2) is 48.5 Å². The van der Waals surface area contributed by atoms with Gasteiger partial charge in [0.05, 0.1) is 26.0 Å². The summed E-state index contributed by atoms with van der Waals surface area (Å²) in [7, 11) is -1.59. The van der Waals surface area contributed by atoms with E-state index in [1.165, 1.54) is 0 Å². The zero-order chi connectivity index (χ0) is 20.0. The van der Waals surface area contributed by atoms with E-state index in [0.29, 0.717) is 26.4 Å². The highest BCUT2D eigenvalue weighted by Gasteiger charge is 2.26. The number of fused-ring (bicyclic) bond motifs is 2. The SMILES string of the molecule is CCOP(=O)(Cc1cccc2cc3ccccc3c(OCCOC)c12)OCC. The maximum atomic E-state index is 13.2. The van der Waals surface area contributed by atoms with Crippen molar-refractivity contribution in [3.63, 3.8) is 0 Å². The van der Waals surface area contributed by atoms with Crippen LogP contribution < -0.4 is 4.74 Å². The van der Waals surface area contributed by atoms with Gasteiger partial charge in [-0.3, -0.25) is 4.57 Å². The minimum atomic E-state index is -3.24. The summed E-state index contributed by atoms with van der Waals surface area (Å²) in [4.78, 5) is 0. The second-order valence-electron chi connectivity index (χ2n) is 6.39. The van der Waals surface area contributed by atoms with Crippen molar-refractivity contribution in [3.8, 4) is 5.75 Å². The molecule has 0 amide bonds. The molecule has 3 aromatic rings. The number of hydrogen-bond donors (Lipinski definition) is 0. The molecule has 5 nitrogen and oxygen atoms in total. The molecule has 0 N–H and O–H groups in total. The Balaban J connectivity index is 2.18. The topological polar surface area (TPSA) is 54.0 Å². The number of hydrogen-bond acceptors (Lipinski definition) is 5. The van der Waals surface area contributed by atoms with Crippen LogP contribution in [0.1, 0.15) is 19.4 Å². The lowest BCUT2D eigenvalue weighted by Crippen LogP contribution is -2.06. The Morgan fingerprint density at radius 2 is 1.61 bits per heavy atom. The van der Waals surface area contributed by atoms with Gasteiger partial charge in [-0.2, -0.15) is 0 Å². The smallest absolute Gasteiger partial charge is 0.335 e. The monoisotopic (exact) mass is 402 g/mol. The number of ether oxygens (including phenoxy) is 2. The van der Waals surface area contributed by atoms with E-state index in [1.807, 2.05) is 50.2 Å². The fourth-order valence-corrected chi connectivity index (χ4v) is 5.11. The van der Waals surface area contributed by atoms with Crippen molar-refractivity contribution in [2.45, 2.75) is 20.0 Å². The molecule has 0 radical (unpaired) electrons. The summed E-state index contributed by atoms with van der Waals surface area (Å²) < 4.78 is 35.5. The summed E-state index contributed by atoms with van der Waals surface area (Å²) >= 11 is 0. The first-order chi connectivity index (χ1) is 13.6. The van der Waals surface area contributed by atoms with Crippen LogP contribution in [0.2, 0.25) is 0 Å². The average Bonchev–Trinajstić information content (AvgIpc) is 2.68. The van der Waals surface area contributed by atoms with Crippen LogP contribution >= 0.6 is 7.60 Å². The quantitative estimate of drug-likeness (QED) is 0.244. The third-order valence-electron chi connectivity index (χ3n) is 4.48. The van der Waals surface area contributed by atoms with Crippen LogP contribution in [-0.4, -0.2) is 33.5 Å². The Bertz CT molecular complexity index is 975. The van der Waals surface area contributed by atoms with Gasteiger partial charge in [0.25, 0.3) is 0 Å². The Kier molecular flexibility index (Phi) is 7.08. The Morgan fingerprint density at radius 3 is 2.32 bits per heavy atom. The van der Waals surface area contributed by atoms with E-state index < -0.39 is 7.60 Å². The van der Waals surface area contributed by atoms with Crippen molar-refractivity contribution < 1.29 is 23.1 Å². The summed E-state index contributed by atoms with van der Waals surface area (Å²) in [6.07, 6.45) is 0.199. The Labute approximate surface area is 166 Å². The predicted molar refractivity (Wildman–Crippen MR) is 113 cm³/mol. The number of rotatable bonds is 10. The maximum Gasteiger partial charge on any atom is 0.335 e. The van der Waals surface area contributed by atoms with E-state index in [2.05, 4.69) is 12.1 Å². The minimum Gasteiger partial charge on any atom is -0.490 e. The molecule has 0 aliphatic heterocycles. The van der Waals surface area contributed by atoms with Crippen LogP contribution in [0.25, 0.3) is 21.5 Å². The number of methoxy groups -OCH3 is 1. The third-order valence-corrected chi connectivity index (χ3v) is 6.51. The zero-order valence-electron chi connectivity index (χ0n) is 16.6. The van der Waals surface area contributed by atoms with Crippen molar-refractivity contribution in [3.05, 3.63) is 54.1 Å². The lowest BCUT2D eigenvalue weighted by atomic mass is 9.99. The molecule has 3 rings (SSSR count). The fourth-order valence-electron chi connectivity index (χ4n) is 3.39. The molecule has 0 saturated heterocycles. The standard InChI is InChI=1S/C22H27O5P/c1-4-26-28(23,27-5-2)16-19-11-8-10-18-15-17-9-6-7-12-20(17)22(21(18)19)25-14-13-24-3/h6-12,15H,4-5,13-14,16H2,1-3H3. The molecule has 3 aromatic carbocycles. The molecule has 0 bridgehead atoms. The molecule has 28 heavy (non-hydrogen) atoms. The van der Waals surface area contributed by atoms with Gasteiger partial charge in [0, 0.05) is 17.9 Å². The van der Waals surface area contributed by atoms with Crippen molar-refractivity contribution in [2.75, 3.05) is 33.5 Å². The maximum absolute atomic E-state index is 13.2. The van der Waals surface area contributed by atoms with E-state index in [1.54, 1.807) is 7.11 Å². The van der Waals surface area contributed by atoms with Crippen molar-refractivity contribution in [1.82, 2.24) is 0 Å². The van der Waals surface area contributed by atoms with Crippen molar-refractivity contribution in [2.24, 2.45) is 0 Å². The van der Waals surface area contributed by atoms with Gasteiger partial charge in [-0.15, -0.1) is 0 Å². The molecule has 0 unspecified atom stereocenters. The van der Waals surface area contributed by atoms with Crippen molar-refractivity contribution in [1.29, 1.82) is 0 Å². The van der Waals surface area contributed by atoms with Gasteiger partial charge >= 0.3 is 7.60 Å². The molecule has 150 valence electrons. The first-order valence-corrected chi connectivity index (χ1v) is 11.3. The van der Waals surface area contributed by atoms with Crippen LogP contribution in [0, 0.1) is 0 Å². The molecule has 0 aromatic heterocycles. The third kappa shape index (κ3) is 4.56. The van der Waals surface area contributed by atoms with Crippen LogP contribution in [-0.2, 0) is 24.5 Å². The molecule has 0 aliphatic carbocycles. The molecular formula is C22H27O5P. The van der Waals surface area contributed by atoms with Crippen LogP contribution in [0.4, 0.5) is 0 Å². The fraction of sp³-hybridized carbons (Fsp3) is 0.364. The van der Waals surface area contributed by atoms with Gasteiger partial charge in [0.2, 0.25) is 0 Å². The first kappa shape index (κ1) is 20.8. The van der Waals surface area contributed by atoms with Gasteiger partial charge in [0.1, 0.15) is 12.4 Å². The molecule has 0 aliphatic rings. The summed E-state index contributed by atoms with van der Waals surface area (Å²) in [5, 5.41) is 4.08. The van der Waals surface area contributed by atoms with E-state index in [0.717, 1.165) is 32.9 Å². The summed E-state index contributed by atoms with van der Waals surface area (Å²) in [5.41, 5.74) is 0.890. The Morgan fingerprint density at radius 1 is 0.893 bits per heavy atom. The first-order valence-electron chi connectivity index (χ1n) is 9.55. The lowest BCUT2D eigenvalue weighted by molar-refractivity contribution is 0.148. The summed E-state index contributed by atoms with van der Waals surface area (Å²) in [6.45, 7) is 5.24. The van der Waals surface area contributed by atoms with Gasteiger partial charge in [-0.1, -0.05) is 42.5 Å². The second kappa shape index (κ2) is 9.53. The minimum absolute atomic E-state index is 0.199. The van der Waals surface area contributed by atoms with E-state index in [9.17, 15) is 4.57 Å². The highest BCUT2D eigenvalue weighted by atomic mass is 31.2. The molecule has 0 saturated carbocycles. The molecule has 0 fully saturated rings. The normalized spacial score (nSPS) is 12.0. The molecular weight excluding hydrogens is 375 g/mol. The molecule has 0 spiro atoms. The van der Waals surface area contributed by atoms with Crippen LogP contribution in [0.3, 0.4) is 0 Å². The predicted octanol–water partition coefficient (Wildman–Crippen LogP) is 5.78. The molecule has 6 heteroatoms. The van der Waals surface area contributed by atoms with Crippen LogP contribution in [0.5, 0.6) is 5.75 Å². The van der Waals surface area contributed by atoms with Crippen molar-refractivity contribution >= 4 is 29.1 Å². The highest BCUT2D eigenvalue weighted by Crippen LogP contribution is 2.53. The summed E-state index contributed by atoms with van der Waals surface area (Å²) in [5.74, 6) is 0.778. The largest absolute Gasteiger partial charge is 0.490 e. The van der Waals surface area contributed by atoms with E-state index in [-0.39, 0.29) is 6.16 Å².